The molecular weight excluding hydrogens is 242 g/mol. The highest BCUT2D eigenvalue weighted by atomic mass is 32.1. The largest absolute Gasteiger partial charge is 0.348 e. The lowest BCUT2D eigenvalue weighted by molar-refractivity contribution is 0.565. The monoisotopic (exact) mass is 267 g/mol. The Bertz CT molecular complexity index is 384. The van der Waals surface area contributed by atoms with Crippen LogP contribution in [0.5, 0.6) is 0 Å². The quantitative estimate of drug-likeness (QED) is 0.894. The minimum atomic E-state index is 0.0926. The zero-order chi connectivity index (χ0) is 13.2. The molecule has 1 aromatic heterocycles. The first kappa shape index (κ1) is 13.8. The Labute approximate surface area is 114 Å². The maximum atomic E-state index is 5.87. The summed E-state index contributed by atoms with van der Waals surface area (Å²) in [5, 5.41) is 1.18. The molecule has 1 aliphatic rings. The van der Waals surface area contributed by atoms with Crippen molar-refractivity contribution < 1.29 is 0 Å². The predicted octanol–water partition coefficient (Wildman–Crippen LogP) is 3.28. The molecule has 0 unspecified atom stereocenters. The van der Waals surface area contributed by atoms with E-state index in [2.05, 4.69) is 25.7 Å². The Morgan fingerprint density at radius 3 is 2.22 bits per heavy atom. The standard InChI is InChI=1S/C14H25N3S/c1-14(2,3)12-11(10-15)18-13(16-12)17-8-6-4-5-7-9-17/h4-10,15H2,1-3H3. The van der Waals surface area contributed by atoms with E-state index in [1.54, 1.807) is 11.3 Å². The summed E-state index contributed by atoms with van der Waals surface area (Å²) in [5.74, 6) is 0. The number of nitrogens with zero attached hydrogens (tertiary/aromatic N) is 2. The zero-order valence-corrected chi connectivity index (χ0v) is 12.6. The molecule has 1 saturated heterocycles. The second kappa shape index (κ2) is 5.57. The first-order valence-electron chi connectivity index (χ1n) is 6.97. The summed E-state index contributed by atoms with van der Waals surface area (Å²) in [6, 6.07) is 0. The van der Waals surface area contributed by atoms with Gasteiger partial charge in [0, 0.05) is 29.9 Å². The highest BCUT2D eigenvalue weighted by Crippen LogP contribution is 2.34. The molecule has 102 valence electrons. The number of rotatable bonds is 2. The Balaban J connectivity index is 2.25. The van der Waals surface area contributed by atoms with Gasteiger partial charge in [-0.1, -0.05) is 33.6 Å². The van der Waals surface area contributed by atoms with E-state index in [1.807, 2.05) is 0 Å². The van der Waals surface area contributed by atoms with Gasteiger partial charge in [0.25, 0.3) is 0 Å². The van der Waals surface area contributed by atoms with E-state index in [1.165, 1.54) is 41.4 Å². The third-order valence-electron chi connectivity index (χ3n) is 3.46. The second-order valence-corrected chi connectivity index (χ2v) is 7.19. The van der Waals surface area contributed by atoms with Crippen molar-refractivity contribution in [1.82, 2.24) is 4.98 Å². The normalized spacial score (nSPS) is 17.9. The molecule has 0 radical (unpaired) electrons. The van der Waals surface area contributed by atoms with Crippen LogP contribution in [0.3, 0.4) is 0 Å². The summed E-state index contributed by atoms with van der Waals surface area (Å²) >= 11 is 1.79. The predicted molar refractivity (Wildman–Crippen MR) is 79.4 cm³/mol. The molecule has 3 nitrogen and oxygen atoms in total. The van der Waals surface area contributed by atoms with Gasteiger partial charge in [-0.05, 0) is 12.8 Å². The molecular formula is C14H25N3S. The van der Waals surface area contributed by atoms with Gasteiger partial charge in [0.15, 0.2) is 5.13 Å². The number of aromatic nitrogens is 1. The average molecular weight is 267 g/mol. The molecule has 0 atom stereocenters. The maximum absolute atomic E-state index is 5.87. The Morgan fingerprint density at radius 2 is 1.78 bits per heavy atom. The Hall–Kier alpha value is -0.610. The van der Waals surface area contributed by atoms with E-state index >= 15 is 0 Å². The van der Waals surface area contributed by atoms with Crippen molar-refractivity contribution in [2.24, 2.45) is 5.73 Å². The average Bonchev–Trinajstić information content (AvgIpc) is 2.57. The molecule has 1 aromatic rings. The van der Waals surface area contributed by atoms with Crippen LogP contribution in [0, 0.1) is 0 Å². The van der Waals surface area contributed by atoms with Crippen molar-refractivity contribution in [3.63, 3.8) is 0 Å². The highest BCUT2D eigenvalue weighted by Gasteiger charge is 2.24. The Kier molecular flexibility index (Phi) is 4.28. The van der Waals surface area contributed by atoms with E-state index in [0.717, 1.165) is 13.1 Å². The number of thiazole rings is 1. The zero-order valence-electron chi connectivity index (χ0n) is 11.8. The highest BCUT2D eigenvalue weighted by molar-refractivity contribution is 7.15. The SMILES string of the molecule is CC(C)(C)c1nc(N2CCCCCC2)sc1CN. The first-order chi connectivity index (χ1) is 8.52. The van der Waals surface area contributed by atoms with Gasteiger partial charge in [-0.15, -0.1) is 11.3 Å². The summed E-state index contributed by atoms with van der Waals surface area (Å²) in [6.45, 7) is 9.56. The number of nitrogens with two attached hydrogens (primary N) is 1. The van der Waals surface area contributed by atoms with E-state index in [9.17, 15) is 0 Å². The van der Waals surface area contributed by atoms with Gasteiger partial charge in [0.2, 0.25) is 0 Å². The smallest absolute Gasteiger partial charge is 0.185 e. The summed E-state index contributed by atoms with van der Waals surface area (Å²) in [5.41, 5.74) is 7.15. The topological polar surface area (TPSA) is 42.2 Å². The van der Waals surface area contributed by atoms with Crippen LogP contribution in [-0.4, -0.2) is 18.1 Å². The van der Waals surface area contributed by atoms with Crippen LogP contribution >= 0.6 is 11.3 Å². The van der Waals surface area contributed by atoms with Crippen LogP contribution in [0.25, 0.3) is 0 Å². The van der Waals surface area contributed by atoms with Crippen molar-refractivity contribution in [2.75, 3.05) is 18.0 Å². The van der Waals surface area contributed by atoms with Gasteiger partial charge in [0.1, 0.15) is 0 Å². The van der Waals surface area contributed by atoms with Gasteiger partial charge in [0.05, 0.1) is 5.69 Å². The van der Waals surface area contributed by atoms with E-state index < -0.39 is 0 Å². The van der Waals surface area contributed by atoms with E-state index in [0.29, 0.717) is 6.54 Å². The van der Waals surface area contributed by atoms with Gasteiger partial charge >= 0.3 is 0 Å². The molecule has 1 fully saturated rings. The molecule has 0 amide bonds. The first-order valence-corrected chi connectivity index (χ1v) is 7.79. The summed E-state index contributed by atoms with van der Waals surface area (Å²) in [4.78, 5) is 8.58. The molecule has 4 heteroatoms. The van der Waals surface area contributed by atoms with Gasteiger partial charge < -0.3 is 10.6 Å². The molecule has 0 spiro atoms. The molecule has 0 saturated carbocycles. The fraction of sp³-hybridized carbons (Fsp3) is 0.786. The van der Waals surface area contributed by atoms with Crippen molar-refractivity contribution >= 4 is 16.5 Å². The molecule has 0 aliphatic carbocycles. The fourth-order valence-corrected chi connectivity index (χ4v) is 3.66. The van der Waals surface area contributed by atoms with Gasteiger partial charge in [-0.25, -0.2) is 4.98 Å². The van der Waals surface area contributed by atoms with Gasteiger partial charge in [-0.2, -0.15) is 0 Å². The van der Waals surface area contributed by atoms with Gasteiger partial charge in [-0.3, -0.25) is 0 Å². The number of anilines is 1. The number of hydrogen-bond acceptors (Lipinski definition) is 4. The molecule has 2 rings (SSSR count). The number of hydrogen-bond donors (Lipinski definition) is 1. The van der Waals surface area contributed by atoms with Crippen molar-refractivity contribution in [1.29, 1.82) is 0 Å². The second-order valence-electron chi connectivity index (χ2n) is 6.12. The van der Waals surface area contributed by atoms with Crippen molar-refractivity contribution in [2.45, 2.75) is 58.4 Å². The molecule has 2 N–H and O–H groups in total. The summed E-state index contributed by atoms with van der Waals surface area (Å²) < 4.78 is 0. The third-order valence-corrected chi connectivity index (χ3v) is 4.60. The fourth-order valence-electron chi connectivity index (χ4n) is 2.46. The van der Waals surface area contributed by atoms with E-state index in [4.69, 9.17) is 10.7 Å². The lowest BCUT2D eigenvalue weighted by Gasteiger charge is -2.20. The third kappa shape index (κ3) is 3.04. The van der Waals surface area contributed by atoms with Crippen LogP contribution < -0.4 is 10.6 Å². The summed E-state index contributed by atoms with van der Waals surface area (Å²) in [7, 11) is 0. The minimum absolute atomic E-state index is 0.0926. The molecule has 18 heavy (non-hydrogen) atoms. The lowest BCUT2D eigenvalue weighted by Crippen LogP contribution is -2.24. The minimum Gasteiger partial charge on any atom is -0.348 e. The lowest BCUT2D eigenvalue weighted by atomic mass is 9.91. The molecule has 1 aliphatic heterocycles. The molecule has 0 bridgehead atoms. The molecule has 2 heterocycles. The molecule has 0 aromatic carbocycles. The maximum Gasteiger partial charge on any atom is 0.185 e. The van der Waals surface area contributed by atoms with Crippen molar-refractivity contribution in [3.05, 3.63) is 10.6 Å². The van der Waals surface area contributed by atoms with Crippen LogP contribution in [0.15, 0.2) is 0 Å². The Morgan fingerprint density at radius 1 is 1.17 bits per heavy atom. The van der Waals surface area contributed by atoms with Crippen LogP contribution in [-0.2, 0) is 12.0 Å². The summed E-state index contributed by atoms with van der Waals surface area (Å²) in [6.07, 6.45) is 5.31. The van der Waals surface area contributed by atoms with Crippen LogP contribution in [0.4, 0.5) is 5.13 Å². The van der Waals surface area contributed by atoms with Crippen LogP contribution in [0.1, 0.15) is 57.0 Å². The van der Waals surface area contributed by atoms with E-state index in [-0.39, 0.29) is 5.41 Å². The van der Waals surface area contributed by atoms with Crippen LogP contribution in [0.2, 0.25) is 0 Å². The van der Waals surface area contributed by atoms with Crippen molar-refractivity contribution in [3.8, 4) is 0 Å².